The minimum absolute atomic E-state index is 0.171. The summed E-state index contributed by atoms with van der Waals surface area (Å²) in [5.74, 6) is 0. The Kier molecular flexibility index (Phi) is 4.58. The van der Waals surface area contributed by atoms with Gasteiger partial charge in [0.2, 0.25) is 0 Å². The second-order valence-corrected chi connectivity index (χ2v) is 3.15. The molecule has 12 heavy (non-hydrogen) atoms. The summed E-state index contributed by atoms with van der Waals surface area (Å²) >= 11 is 0. The Balaban J connectivity index is 0.000000120. The fraction of sp³-hybridized carbons (Fsp3) is 1.00. The van der Waals surface area contributed by atoms with E-state index in [1.807, 2.05) is 0 Å². The highest BCUT2D eigenvalue weighted by Crippen LogP contribution is 2.12. The van der Waals surface area contributed by atoms with Crippen molar-refractivity contribution in [3.8, 4) is 0 Å². The predicted octanol–water partition coefficient (Wildman–Crippen LogP) is 0.953. The SMILES string of the molecule is CCC1CCO1.OCC1CCO1. The van der Waals surface area contributed by atoms with E-state index in [1.54, 1.807) is 0 Å². The Hall–Kier alpha value is -0.120. The van der Waals surface area contributed by atoms with E-state index in [0.717, 1.165) is 19.6 Å². The lowest BCUT2D eigenvalue weighted by Crippen LogP contribution is -2.29. The monoisotopic (exact) mass is 174 g/mol. The Morgan fingerprint density at radius 1 is 1.17 bits per heavy atom. The van der Waals surface area contributed by atoms with Crippen molar-refractivity contribution in [3.63, 3.8) is 0 Å². The van der Waals surface area contributed by atoms with Crippen LogP contribution in [0, 0.1) is 0 Å². The predicted molar refractivity (Wildman–Crippen MR) is 46.1 cm³/mol. The molecule has 0 amide bonds. The van der Waals surface area contributed by atoms with Gasteiger partial charge in [0, 0.05) is 13.2 Å². The summed E-state index contributed by atoms with van der Waals surface area (Å²) in [5, 5.41) is 8.26. The summed E-state index contributed by atoms with van der Waals surface area (Å²) < 4.78 is 9.91. The van der Waals surface area contributed by atoms with Crippen molar-refractivity contribution in [1.29, 1.82) is 0 Å². The molecular weight excluding hydrogens is 156 g/mol. The molecule has 1 N–H and O–H groups in total. The van der Waals surface area contributed by atoms with Crippen LogP contribution in [0.5, 0.6) is 0 Å². The molecule has 2 heterocycles. The minimum Gasteiger partial charge on any atom is -0.394 e. The van der Waals surface area contributed by atoms with Crippen LogP contribution in [0.25, 0.3) is 0 Å². The van der Waals surface area contributed by atoms with Crippen molar-refractivity contribution in [2.24, 2.45) is 0 Å². The fourth-order valence-electron chi connectivity index (χ4n) is 1.04. The van der Waals surface area contributed by atoms with Crippen molar-refractivity contribution < 1.29 is 14.6 Å². The number of ether oxygens (including phenoxy) is 2. The van der Waals surface area contributed by atoms with Gasteiger partial charge >= 0.3 is 0 Å². The first kappa shape index (κ1) is 9.96. The normalized spacial score (nSPS) is 32.5. The molecule has 0 aromatic heterocycles. The molecule has 0 aliphatic carbocycles. The molecular formula is C9H18O3. The van der Waals surface area contributed by atoms with Crippen molar-refractivity contribution in [3.05, 3.63) is 0 Å². The van der Waals surface area contributed by atoms with Gasteiger partial charge in [-0.3, -0.25) is 0 Å². The van der Waals surface area contributed by atoms with Gasteiger partial charge in [0.1, 0.15) is 0 Å². The van der Waals surface area contributed by atoms with E-state index >= 15 is 0 Å². The molecule has 0 aromatic carbocycles. The first-order valence-electron chi connectivity index (χ1n) is 4.71. The third-order valence-corrected chi connectivity index (χ3v) is 2.25. The number of aliphatic hydroxyl groups is 1. The molecule has 0 aromatic rings. The lowest BCUT2D eigenvalue weighted by atomic mass is 10.1. The largest absolute Gasteiger partial charge is 0.394 e. The average molecular weight is 174 g/mol. The van der Waals surface area contributed by atoms with E-state index in [0.29, 0.717) is 6.10 Å². The second-order valence-electron chi connectivity index (χ2n) is 3.15. The summed E-state index contributed by atoms with van der Waals surface area (Å²) in [6.07, 6.45) is 4.31. The smallest absolute Gasteiger partial charge is 0.0827 e. The first-order chi connectivity index (χ1) is 5.86. The van der Waals surface area contributed by atoms with Crippen LogP contribution < -0.4 is 0 Å². The van der Waals surface area contributed by atoms with Crippen LogP contribution in [-0.2, 0) is 9.47 Å². The van der Waals surface area contributed by atoms with E-state index < -0.39 is 0 Å². The topological polar surface area (TPSA) is 38.7 Å². The molecule has 2 atom stereocenters. The molecule has 2 unspecified atom stereocenters. The molecule has 0 bridgehead atoms. The molecule has 2 fully saturated rings. The van der Waals surface area contributed by atoms with Crippen molar-refractivity contribution >= 4 is 0 Å². The number of hydrogen-bond donors (Lipinski definition) is 1. The van der Waals surface area contributed by atoms with Crippen LogP contribution in [-0.4, -0.2) is 37.1 Å². The molecule has 2 aliphatic rings. The van der Waals surface area contributed by atoms with Gasteiger partial charge in [-0.1, -0.05) is 6.92 Å². The summed E-state index contributed by atoms with van der Waals surface area (Å²) in [7, 11) is 0. The summed E-state index contributed by atoms with van der Waals surface area (Å²) in [5.41, 5.74) is 0. The zero-order valence-electron chi connectivity index (χ0n) is 7.66. The van der Waals surface area contributed by atoms with Crippen molar-refractivity contribution in [2.75, 3.05) is 19.8 Å². The summed E-state index contributed by atoms with van der Waals surface area (Å²) in [6, 6.07) is 0. The molecule has 72 valence electrons. The highest BCUT2D eigenvalue weighted by Gasteiger charge is 2.15. The highest BCUT2D eigenvalue weighted by molar-refractivity contribution is 4.63. The fourth-order valence-corrected chi connectivity index (χ4v) is 1.04. The molecule has 3 nitrogen and oxygen atoms in total. The van der Waals surface area contributed by atoms with E-state index in [4.69, 9.17) is 14.6 Å². The molecule has 0 radical (unpaired) electrons. The first-order valence-corrected chi connectivity index (χ1v) is 4.71. The van der Waals surface area contributed by atoms with Gasteiger partial charge in [0.05, 0.1) is 18.8 Å². The van der Waals surface area contributed by atoms with Crippen molar-refractivity contribution in [2.45, 2.75) is 38.4 Å². The van der Waals surface area contributed by atoms with Crippen LogP contribution in [0.4, 0.5) is 0 Å². The van der Waals surface area contributed by atoms with Crippen LogP contribution in [0.15, 0.2) is 0 Å². The lowest BCUT2D eigenvalue weighted by Gasteiger charge is -2.24. The molecule has 2 rings (SSSR count). The Labute approximate surface area is 73.7 Å². The Morgan fingerprint density at radius 2 is 1.67 bits per heavy atom. The standard InChI is InChI=1S/C5H10O.C4H8O2/c1-2-5-3-4-6-5;5-3-4-1-2-6-4/h5H,2-4H2,1H3;4-5H,1-3H2. The lowest BCUT2D eigenvalue weighted by molar-refractivity contribution is -0.0773. The average Bonchev–Trinajstić information content (AvgIpc) is 1.83. The van der Waals surface area contributed by atoms with Gasteiger partial charge in [-0.15, -0.1) is 0 Å². The maximum atomic E-state index is 8.26. The molecule has 0 spiro atoms. The number of aliphatic hydroxyl groups excluding tert-OH is 1. The van der Waals surface area contributed by atoms with Crippen LogP contribution in [0.1, 0.15) is 26.2 Å². The summed E-state index contributed by atoms with van der Waals surface area (Å²) in [4.78, 5) is 0. The quantitative estimate of drug-likeness (QED) is 0.677. The van der Waals surface area contributed by atoms with Gasteiger partial charge < -0.3 is 14.6 Å². The van der Waals surface area contributed by atoms with Crippen LogP contribution in [0.2, 0.25) is 0 Å². The van der Waals surface area contributed by atoms with Crippen LogP contribution in [0.3, 0.4) is 0 Å². The van der Waals surface area contributed by atoms with Gasteiger partial charge in [0.25, 0.3) is 0 Å². The van der Waals surface area contributed by atoms with Gasteiger partial charge in [-0.25, -0.2) is 0 Å². The van der Waals surface area contributed by atoms with E-state index in [1.165, 1.54) is 12.8 Å². The van der Waals surface area contributed by atoms with Crippen molar-refractivity contribution in [1.82, 2.24) is 0 Å². The Bertz CT molecular complexity index is 88.8. The second kappa shape index (κ2) is 5.51. The maximum absolute atomic E-state index is 8.26. The third-order valence-electron chi connectivity index (χ3n) is 2.25. The maximum Gasteiger partial charge on any atom is 0.0827 e. The zero-order chi connectivity index (χ0) is 8.81. The molecule has 3 heteroatoms. The van der Waals surface area contributed by atoms with Crippen LogP contribution >= 0.6 is 0 Å². The molecule has 0 saturated carbocycles. The number of rotatable bonds is 2. The highest BCUT2D eigenvalue weighted by atomic mass is 16.5. The van der Waals surface area contributed by atoms with Gasteiger partial charge in [0.15, 0.2) is 0 Å². The summed E-state index contributed by atoms with van der Waals surface area (Å²) in [6.45, 7) is 4.19. The zero-order valence-corrected chi connectivity index (χ0v) is 7.66. The van der Waals surface area contributed by atoms with Gasteiger partial charge in [-0.2, -0.15) is 0 Å². The Morgan fingerprint density at radius 3 is 1.67 bits per heavy atom. The van der Waals surface area contributed by atoms with E-state index in [2.05, 4.69) is 6.92 Å². The van der Waals surface area contributed by atoms with E-state index in [9.17, 15) is 0 Å². The molecule has 2 aliphatic heterocycles. The number of hydrogen-bond acceptors (Lipinski definition) is 3. The minimum atomic E-state index is 0.171. The van der Waals surface area contributed by atoms with Gasteiger partial charge in [-0.05, 0) is 19.3 Å². The van der Waals surface area contributed by atoms with E-state index in [-0.39, 0.29) is 12.7 Å². The third kappa shape index (κ3) is 3.09. The molecule has 2 saturated heterocycles.